The number of aromatic nitrogens is 7. The topological polar surface area (TPSA) is 124 Å². The smallest absolute Gasteiger partial charge is 0.257 e. The van der Waals surface area contributed by atoms with Gasteiger partial charge in [-0.1, -0.05) is 23.7 Å². The number of ether oxygens (including phenoxy) is 1. The fourth-order valence-electron chi connectivity index (χ4n) is 5.20. The van der Waals surface area contributed by atoms with Gasteiger partial charge in [-0.3, -0.25) is 14.9 Å². The molecule has 1 aliphatic rings. The number of hydrogen-bond acceptors (Lipinski definition) is 7. The molecule has 12 heteroatoms. The number of halogens is 2. The molecule has 0 aliphatic heterocycles. The Bertz CT molecular complexity index is 1660. The number of carbonyl (C=O) groups is 1. The van der Waals surface area contributed by atoms with Crippen LogP contribution in [0.3, 0.4) is 0 Å². The van der Waals surface area contributed by atoms with Crippen molar-refractivity contribution in [3.05, 3.63) is 71.5 Å². The maximum Gasteiger partial charge on any atom is 0.257 e. The van der Waals surface area contributed by atoms with E-state index in [0.29, 0.717) is 39.9 Å². The molecule has 198 valence electrons. The van der Waals surface area contributed by atoms with Crippen LogP contribution in [0.25, 0.3) is 33.9 Å². The molecular formula is C27H24ClFN8O2. The van der Waals surface area contributed by atoms with E-state index >= 15 is 4.39 Å². The van der Waals surface area contributed by atoms with Crippen LogP contribution in [0.4, 0.5) is 4.39 Å². The Balaban J connectivity index is 1.38. The van der Waals surface area contributed by atoms with Crippen LogP contribution in [-0.2, 0) is 0 Å². The van der Waals surface area contributed by atoms with Gasteiger partial charge >= 0.3 is 0 Å². The van der Waals surface area contributed by atoms with Gasteiger partial charge in [0.2, 0.25) is 5.88 Å². The van der Waals surface area contributed by atoms with Crippen LogP contribution in [0.2, 0.25) is 5.02 Å². The molecule has 4 aromatic heterocycles. The molecule has 39 heavy (non-hydrogen) atoms. The minimum Gasteiger partial charge on any atom is -0.480 e. The molecule has 1 amide bonds. The number of imidazole rings is 1. The van der Waals surface area contributed by atoms with Gasteiger partial charge in [-0.05, 0) is 49.9 Å². The van der Waals surface area contributed by atoms with E-state index in [9.17, 15) is 4.79 Å². The van der Waals surface area contributed by atoms with E-state index in [4.69, 9.17) is 21.3 Å². The van der Waals surface area contributed by atoms with Crippen molar-refractivity contribution in [1.82, 2.24) is 40.0 Å². The highest BCUT2D eigenvalue weighted by atomic mass is 35.5. The summed E-state index contributed by atoms with van der Waals surface area (Å²) >= 11 is 6.09. The number of nitrogens with zero attached hydrogens (tertiary/aromatic N) is 6. The minimum absolute atomic E-state index is 0.0620. The highest BCUT2D eigenvalue weighted by Crippen LogP contribution is 2.37. The maximum absolute atomic E-state index is 15.0. The van der Waals surface area contributed by atoms with Crippen LogP contribution < -0.4 is 10.1 Å². The molecule has 6 rings (SSSR count). The van der Waals surface area contributed by atoms with Gasteiger partial charge in [0, 0.05) is 18.3 Å². The molecule has 0 spiro atoms. The Morgan fingerprint density at radius 1 is 1.18 bits per heavy atom. The first kappa shape index (κ1) is 24.9. The molecule has 2 atom stereocenters. The maximum atomic E-state index is 15.0. The fourth-order valence-corrected chi connectivity index (χ4v) is 5.36. The summed E-state index contributed by atoms with van der Waals surface area (Å²) in [5.41, 5.74) is 2.71. The predicted octanol–water partition coefficient (Wildman–Crippen LogP) is 4.99. The lowest BCUT2D eigenvalue weighted by Crippen LogP contribution is -2.39. The Morgan fingerprint density at radius 2 is 2.05 bits per heavy atom. The number of amides is 1. The first-order chi connectivity index (χ1) is 19.0. The van der Waals surface area contributed by atoms with E-state index < -0.39 is 0 Å². The van der Waals surface area contributed by atoms with Crippen LogP contribution in [0.1, 0.15) is 42.1 Å². The predicted molar refractivity (Wildman–Crippen MR) is 143 cm³/mol. The van der Waals surface area contributed by atoms with Gasteiger partial charge in [-0.25, -0.2) is 19.3 Å². The first-order valence-electron chi connectivity index (χ1n) is 12.5. The fraction of sp³-hybridized carbons (Fsp3) is 0.259. The molecule has 1 saturated carbocycles. The van der Waals surface area contributed by atoms with Crippen LogP contribution in [-0.4, -0.2) is 53.8 Å². The number of fused-ring (bicyclic) bond motifs is 1. The lowest BCUT2D eigenvalue weighted by Gasteiger charge is -2.32. The Kier molecular flexibility index (Phi) is 6.65. The van der Waals surface area contributed by atoms with Crippen LogP contribution in [0, 0.1) is 5.82 Å². The standard InChI is InChI=1S/C27H24ClFN8O2/c1-39-27-19(9-15(28)12-31-27)26(38)34-16-5-4-6-17(10-16)37-23-11-21(24-32-14-33-36-24)30-13-22(23)35-25(37)18-7-2-3-8-20(18)29/h2-3,7-9,11-14,16-17H,4-6,10H2,1H3,(H,34,38)(H,32,33,36). The van der Waals surface area contributed by atoms with Crippen molar-refractivity contribution in [3.63, 3.8) is 0 Å². The molecule has 1 fully saturated rings. The molecule has 1 aromatic carbocycles. The molecule has 2 N–H and O–H groups in total. The zero-order chi connectivity index (χ0) is 26.9. The number of hydrogen-bond donors (Lipinski definition) is 2. The normalized spacial score (nSPS) is 17.3. The van der Waals surface area contributed by atoms with Gasteiger partial charge < -0.3 is 14.6 Å². The molecule has 4 heterocycles. The second-order valence-electron chi connectivity index (χ2n) is 9.38. The molecule has 0 bridgehead atoms. The quantitative estimate of drug-likeness (QED) is 0.307. The second-order valence-corrected chi connectivity index (χ2v) is 9.82. The molecule has 2 unspecified atom stereocenters. The van der Waals surface area contributed by atoms with Crippen LogP contribution in [0.15, 0.2) is 55.1 Å². The highest BCUT2D eigenvalue weighted by molar-refractivity contribution is 6.30. The van der Waals surface area contributed by atoms with Crippen LogP contribution in [0.5, 0.6) is 5.88 Å². The second kappa shape index (κ2) is 10.4. The van der Waals surface area contributed by atoms with E-state index in [-0.39, 0.29) is 35.3 Å². The van der Waals surface area contributed by atoms with Gasteiger partial charge in [-0.15, -0.1) is 0 Å². The van der Waals surface area contributed by atoms with E-state index in [0.717, 1.165) is 24.8 Å². The Labute approximate surface area is 227 Å². The summed E-state index contributed by atoms with van der Waals surface area (Å²) in [6.07, 6.45) is 7.62. The SMILES string of the molecule is COc1ncc(Cl)cc1C(=O)NC1CCCC(n2c(-c3ccccc3F)nc3cnc(-c4ncn[nH]4)cc32)C1. The molecule has 10 nitrogen and oxygen atoms in total. The number of nitrogens with one attached hydrogen (secondary N) is 2. The molecular weight excluding hydrogens is 523 g/mol. The number of benzene rings is 1. The van der Waals surface area contributed by atoms with Crippen molar-refractivity contribution in [2.24, 2.45) is 0 Å². The summed E-state index contributed by atoms with van der Waals surface area (Å²) < 4.78 is 22.3. The van der Waals surface area contributed by atoms with Gasteiger partial charge in [0.25, 0.3) is 5.91 Å². The van der Waals surface area contributed by atoms with Gasteiger partial charge in [0.05, 0.1) is 29.4 Å². The van der Waals surface area contributed by atoms with Crippen LogP contribution >= 0.6 is 11.6 Å². The van der Waals surface area contributed by atoms with Crippen molar-refractivity contribution >= 4 is 28.5 Å². The summed E-state index contributed by atoms with van der Waals surface area (Å²) in [5.74, 6) is 0.569. The largest absolute Gasteiger partial charge is 0.480 e. The molecule has 5 aromatic rings. The van der Waals surface area contributed by atoms with E-state index in [2.05, 4.69) is 35.0 Å². The lowest BCUT2D eigenvalue weighted by atomic mass is 9.90. The molecule has 0 radical (unpaired) electrons. The van der Waals surface area contributed by atoms with E-state index in [1.54, 1.807) is 30.5 Å². The Morgan fingerprint density at radius 3 is 2.85 bits per heavy atom. The molecule has 1 aliphatic carbocycles. The van der Waals surface area contributed by atoms with Crippen molar-refractivity contribution in [2.75, 3.05) is 7.11 Å². The van der Waals surface area contributed by atoms with Gasteiger partial charge in [-0.2, -0.15) is 5.10 Å². The number of methoxy groups -OCH3 is 1. The third-order valence-corrected chi connectivity index (χ3v) is 7.16. The van der Waals surface area contributed by atoms with E-state index in [1.165, 1.54) is 25.7 Å². The third kappa shape index (κ3) is 4.81. The zero-order valence-corrected chi connectivity index (χ0v) is 21.7. The third-order valence-electron chi connectivity index (χ3n) is 6.95. The van der Waals surface area contributed by atoms with Gasteiger partial charge in [0.1, 0.15) is 34.7 Å². The monoisotopic (exact) mass is 546 g/mol. The minimum atomic E-state index is -0.362. The van der Waals surface area contributed by atoms with Crippen molar-refractivity contribution in [3.8, 4) is 28.8 Å². The van der Waals surface area contributed by atoms with E-state index in [1.807, 2.05) is 6.07 Å². The Hall–Kier alpha value is -4.38. The van der Waals surface area contributed by atoms with Crippen molar-refractivity contribution in [1.29, 1.82) is 0 Å². The number of pyridine rings is 2. The number of aromatic amines is 1. The zero-order valence-electron chi connectivity index (χ0n) is 20.9. The van der Waals surface area contributed by atoms with Crippen molar-refractivity contribution < 1.29 is 13.9 Å². The molecule has 0 saturated heterocycles. The number of rotatable bonds is 6. The summed E-state index contributed by atoms with van der Waals surface area (Å²) in [7, 11) is 1.46. The number of H-pyrrole nitrogens is 1. The highest BCUT2D eigenvalue weighted by Gasteiger charge is 2.30. The first-order valence-corrected chi connectivity index (χ1v) is 12.9. The average molecular weight is 547 g/mol. The number of carbonyl (C=O) groups excluding carboxylic acids is 1. The lowest BCUT2D eigenvalue weighted by molar-refractivity contribution is 0.0917. The summed E-state index contributed by atoms with van der Waals surface area (Å²) in [6.45, 7) is 0. The summed E-state index contributed by atoms with van der Waals surface area (Å²) in [5, 5.41) is 10.2. The average Bonchev–Trinajstić information content (AvgIpc) is 3.61. The van der Waals surface area contributed by atoms with Gasteiger partial charge in [0.15, 0.2) is 5.82 Å². The summed E-state index contributed by atoms with van der Waals surface area (Å²) in [6, 6.07) is 9.82. The summed E-state index contributed by atoms with van der Waals surface area (Å²) in [4.78, 5) is 30.8. The van der Waals surface area contributed by atoms with Crippen molar-refractivity contribution in [2.45, 2.75) is 37.8 Å².